The van der Waals surface area contributed by atoms with Crippen molar-refractivity contribution in [2.45, 2.75) is 138 Å². The minimum atomic E-state index is -1.28. The normalized spacial score (nSPS) is 11.9. The predicted octanol–water partition coefficient (Wildman–Crippen LogP) is 10.8. The monoisotopic (exact) mass is 964 g/mol. The highest BCUT2D eigenvalue weighted by Gasteiger charge is 2.35. The largest absolute Gasteiger partial charge is 0.461 e. The third-order valence-corrected chi connectivity index (χ3v) is 11.7. The number of nitrogens with one attached hydrogen (secondary N) is 2. The number of amides is 1. The second-order valence-electron chi connectivity index (χ2n) is 19.1. The van der Waals surface area contributed by atoms with E-state index in [9.17, 15) is 19.5 Å². The molecule has 0 fully saturated rings. The van der Waals surface area contributed by atoms with Crippen LogP contribution in [0.5, 0.6) is 0 Å². The van der Waals surface area contributed by atoms with Crippen molar-refractivity contribution in [2.75, 3.05) is 0 Å². The Morgan fingerprint density at radius 3 is 1.63 bits per heavy atom. The van der Waals surface area contributed by atoms with Crippen LogP contribution in [0.3, 0.4) is 0 Å². The van der Waals surface area contributed by atoms with Gasteiger partial charge in [0.25, 0.3) is 0 Å². The Labute approximate surface area is 417 Å². The molecule has 4 aromatic carbocycles. The summed E-state index contributed by atoms with van der Waals surface area (Å²) in [6.07, 6.45) is 6.56. The summed E-state index contributed by atoms with van der Waals surface area (Å²) >= 11 is 0. The molecule has 3 N–H and O–H groups in total. The van der Waals surface area contributed by atoms with Gasteiger partial charge in [0.1, 0.15) is 34.5 Å². The van der Waals surface area contributed by atoms with Gasteiger partial charge in [-0.1, -0.05) is 131 Å². The van der Waals surface area contributed by atoms with E-state index < -0.39 is 17.6 Å². The van der Waals surface area contributed by atoms with E-state index in [0.717, 1.165) is 81.0 Å². The Balaban J connectivity index is 0.000000233. The maximum atomic E-state index is 13.2. The number of esters is 2. The molecule has 374 valence electrons. The topological polar surface area (TPSA) is 194 Å². The lowest BCUT2D eigenvalue weighted by molar-refractivity contribution is -0.161. The molecule has 0 aliphatic carbocycles. The Bertz CT molecular complexity index is 2790. The highest BCUT2D eigenvalue weighted by atomic mass is 16.5. The van der Waals surface area contributed by atoms with Crippen LogP contribution in [0.1, 0.15) is 128 Å². The number of aliphatic hydroxyl groups is 1. The van der Waals surface area contributed by atoms with Crippen molar-refractivity contribution < 1.29 is 29.0 Å². The van der Waals surface area contributed by atoms with Crippen LogP contribution in [0, 0.1) is 5.92 Å². The number of carbonyl (C=O) groups excluding carboxylic acids is 3. The smallest absolute Gasteiger partial charge is 0.357 e. The predicted molar refractivity (Wildman–Crippen MR) is 276 cm³/mol. The van der Waals surface area contributed by atoms with Crippen LogP contribution in [0.15, 0.2) is 109 Å². The molecule has 3 heterocycles. The third-order valence-electron chi connectivity index (χ3n) is 11.7. The van der Waals surface area contributed by atoms with Crippen LogP contribution >= 0.6 is 0 Å². The minimum Gasteiger partial charge on any atom is -0.461 e. The molecule has 3 aromatic heterocycles. The fraction of sp³-hybridized carbons (Fsp3) is 0.393. The number of carbonyl (C=O) groups is 3. The van der Waals surface area contributed by atoms with Gasteiger partial charge in [-0.05, 0) is 93.7 Å². The van der Waals surface area contributed by atoms with Crippen LogP contribution in [-0.4, -0.2) is 86.5 Å². The highest BCUT2D eigenvalue weighted by Crippen LogP contribution is 2.33. The van der Waals surface area contributed by atoms with Crippen molar-refractivity contribution in [1.29, 1.82) is 0 Å². The van der Waals surface area contributed by atoms with Gasteiger partial charge in [-0.2, -0.15) is 30.8 Å². The van der Waals surface area contributed by atoms with Gasteiger partial charge < -0.3 is 24.0 Å². The molecule has 1 atom stereocenters. The van der Waals surface area contributed by atoms with E-state index in [1.807, 2.05) is 119 Å². The summed E-state index contributed by atoms with van der Waals surface area (Å²) in [5.74, 6) is -0.161. The fourth-order valence-corrected chi connectivity index (χ4v) is 8.40. The van der Waals surface area contributed by atoms with Crippen LogP contribution < -0.4 is 0 Å². The summed E-state index contributed by atoms with van der Waals surface area (Å²) in [4.78, 5) is 45.7. The quantitative estimate of drug-likeness (QED) is 0.0615. The maximum Gasteiger partial charge on any atom is 0.357 e. The van der Waals surface area contributed by atoms with E-state index in [-0.39, 0.29) is 30.0 Å². The number of imidazole rings is 1. The van der Waals surface area contributed by atoms with Crippen molar-refractivity contribution >= 4 is 17.8 Å². The second kappa shape index (κ2) is 24.5. The number of H-pyrrole nitrogens is 2. The van der Waals surface area contributed by atoms with Crippen molar-refractivity contribution in [3.05, 3.63) is 138 Å². The molecule has 0 radical (unpaired) electrons. The highest BCUT2D eigenvalue weighted by molar-refractivity contribution is 5.90. The zero-order chi connectivity index (χ0) is 51.2. The fourth-order valence-electron chi connectivity index (χ4n) is 8.40. The number of benzene rings is 4. The first-order valence-corrected chi connectivity index (χ1v) is 24.6. The van der Waals surface area contributed by atoms with Crippen LogP contribution in [0.2, 0.25) is 0 Å². The average Bonchev–Trinajstić information content (AvgIpc) is 4.15. The summed E-state index contributed by atoms with van der Waals surface area (Å²) in [5, 5.41) is 32.5. The molecule has 1 amide bonds. The first kappa shape index (κ1) is 53.1. The lowest BCUT2D eigenvalue weighted by Crippen LogP contribution is -2.48. The van der Waals surface area contributed by atoms with E-state index >= 15 is 0 Å². The summed E-state index contributed by atoms with van der Waals surface area (Å²) < 4.78 is 13.0. The molecular formula is C56H69N9O6. The Hall–Kier alpha value is -7.26. The number of aromatic amines is 2. The molecule has 0 aliphatic rings. The molecule has 7 aromatic rings. The average molecular weight is 964 g/mol. The molecule has 0 spiro atoms. The number of aryl methyl sites for hydroxylation is 1. The van der Waals surface area contributed by atoms with Gasteiger partial charge in [-0.15, -0.1) is 0 Å². The van der Waals surface area contributed by atoms with Gasteiger partial charge >= 0.3 is 11.9 Å². The van der Waals surface area contributed by atoms with Gasteiger partial charge in [0.15, 0.2) is 5.69 Å². The molecule has 7 rings (SSSR count). The summed E-state index contributed by atoms with van der Waals surface area (Å²) in [7, 11) is 0. The molecule has 0 unspecified atom stereocenters. The van der Waals surface area contributed by atoms with Gasteiger partial charge in [0.05, 0.1) is 24.6 Å². The molecule has 0 saturated heterocycles. The first-order chi connectivity index (χ1) is 34.0. The number of unbranched alkanes of at least 4 members (excludes halogenated alkanes) is 1. The second-order valence-corrected chi connectivity index (χ2v) is 19.1. The van der Waals surface area contributed by atoms with Crippen molar-refractivity contribution in [3.8, 4) is 44.8 Å². The van der Waals surface area contributed by atoms with E-state index in [1.54, 1.807) is 31.1 Å². The van der Waals surface area contributed by atoms with E-state index in [1.165, 1.54) is 0 Å². The standard InChI is InChI=1S/C28H33N5O3.C28H36N4O3/c1-6-9-24-30-26(28(4,5)35)25(27(34)36-18(2)3)33(24)17-19-12-14-20(15-13-19)21-10-7-8-11-22(21)23-16-29-32-31-23;1-6-7-12-26(33)32(27(19(2)3)28(34)35-20(4)5)18-21-13-15-22(16-14-21)23-10-8-9-11-24(23)25-17-29-31-30-25/h7-8,10-16,18,35H,6,9,17H2,1-5H3,(H,29,31,32);8-11,13-17,19-20,27H,6-7,12,18H2,1-5H3,(H,29,30,31)/t;27-/m.0/s1. The lowest BCUT2D eigenvalue weighted by Gasteiger charge is -2.33. The lowest BCUT2D eigenvalue weighted by atomic mass is 9.96. The van der Waals surface area contributed by atoms with E-state index in [2.05, 4.69) is 68.9 Å². The van der Waals surface area contributed by atoms with E-state index in [4.69, 9.17) is 14.5 Å². The molecule has 0 saturated carbocycles. The van der Waals surface area contributed by atoms with Gasteiger partial charge in [0.2, 0.25) is 5.91 Å². The number of rotatable bonds is 20. The molecule has 71 heavy (non-hydrogen) atoms. The summed E-state index contributed by atoms with van der Waals surface area (Å²) in [5.41, 5.74) is 9.06. The molecule has 15 heteroatoms. The minimum absolute atomic E-state index is 0.0216. The van der Waals surface area contributed by atoms with Crippen LogP contribution in [0.25, 0.3) is 44.8 Å². The number of aromatic nitrogens is 8. The van der Waals surface area contributed by atoms with Crippen molar-refractivity contribution in [3.63, 3.8) is 0 Å². The first-order valence-electron chi connectivity index (χ1n) is 24.6. The van der Waals surface area contributed by atoms with Crippen LogP contribution in [0.4, 0.5) is 0 Å². The molecule has 0 aliphatic heterocycles. The zero-order valence-electron chi connectivity index (χ0n) is 42.8. The van der Waals surface area contributed by atoms with Crippen LogP contribution in [-0.2, 0) is 44.2 Å². The van der Waals surface area contributed by atoms with Gasteiger partial charge in [-0.25, -0.2) is 14.6 Å². The number of nitrogens with zero attached hydrogens (tertiary/aromatic N) is 7. The maximum absolute atomic E-state index is 13.2. The third kappa shape index (κ3) is 13.8. The van der Waals surface area contributed by atoms with Crippen molar-refractivity contribution in [1.82, 2.24) is 45.3 Å². The Morgan fingerprint density at radius 2 is 1.20 bits per heavy atom. The SMILES string of the molecule is CCCCC(=O)N(Cc1ccc(-c2ccccc2-c2cn[nH]n2)cc1)[C@H](C(=O)OC(C)C)C(C)C.CCCc1nc(C(C)(C)O)c(C(=O)OC(C)C)n1Cc1ccc(-c2ccccc2-c2cn[nH]n2)cc1. The van der Waals surface area contributed by atoms with Gasteiger partial charge in [-0.3, -0.25) is 4.79 Å². The van der Waals surface area contributed by atoms with Crippen molar-refractivity contribution in [2.24, 2.45) is 5.92 Å². The number of hydrogen-bond acceptors (Lipinski definition) is 11. The Kier molecular flexibility index (Phi) is 18.3. The number of hydrogen-bond donors (Lipinski definition) is 3. The summed E-state index contributed by atoms with van der Waals surface area (Å²) in [6, 6.07) is 31.8. The molecular weight excluding hydrogens is 895 g/mol. The van der Waals surface area contributed by atoms with Gasteiger partial charge in [0, 0.05) is 37.1 Å². The number of ether oxygens (including phenoxy) is 2. The Morgan fingerprint density at radius 1 is 0.690 bits per heavy atom. The molecule has 0 bridgehead atoms. The zero-order valence-corrected chi connectivity index (χ0v) is 42.8. The summed E-state index contributed by atoms with van der Waals surface area (Å²) in [6.45, 7) is 19.4. The molecule has 15 nitrogen and oxygen atoms in total. The van der Waals surface area contributed by atoms with E-state index in [0.29, 0.717) is 37.3 Å².